The summed E-state index contributed by atoms with van der Waals surface area (Å²) in [4.78, 5) is 15.7. The lowest BCUT2D eigenvalue weighted by Gasteiger charge is -2.26. The molecule has 7 heteroatoms. The van der Waals surface area contributed by atoms with Gasteiger partial charge in [0, 0.05) is 25.8 Å². The normalized spacial score (nSPS) is 18.6. The second-order valence-electron chi connectivity index (χ2n) is 4.75. The first-order valence-corrected chi connectivity index (χ1v) is 8.37. The first-order valence-electron chi connectivity index (χ1n) is 6.77. The minimum absolute atomic E-state index is 0.230. The molecule has 6 nitrogen and oxygen atoms in total. The van der Waals surface area contributed by atoms with Crippen molar-refractivity contribution >= 4 is 15.9 Å². The molecule has 0 aliphatic carbocycles. The molecule has 1 aromatic heterocycles. The van der Waals surface area contributed by atoms with Crippen LogP contribution in [0.15, 0.2) is 24.4 Å². The topological polar surface area (TPSA) is 79.4 Å². The summed E-state index contributed by atoms with van der Waals surface area (Å²) in [6.45, 7) is 1.50. The summed E-state index contributed by atoms with van der Waals surface area (Å²) in [5, 5.41) is 2.74. The van der Waals surface area contributed by atoms with Crippen LogP contribution in [0.4, 0.5) is 0 Å². The minimum Gasteiger partial charge on any atom is -0.351 e. The first-order chi connectivity index (χ1) is 9.59. The number of nitrogens with one attached hydrogen (secondary N) is 1. The molecule has 0 bridgehead atoms. The lowest BCUT2D eigenvalue weighted by Crippen LogP contribution is -2.39. The van der Waals surface area contributed by atoms with Gasteiger partial charge in [-0.25, -0.2) is 12.7 Å². The molecule has 1 aromatic rings. The fraction of sp³-hybridized carbons (Fsp3) is 0.538. The largest absolute Gasteiger partial charge is 0.351 e. The highest BCUT2D eigenvalue weighted by Crippen LogP contribution is 2.13. The van der Waals surface area contributed by atoms with Crippen LogP contribution >= 0.6 is 0 Å². The van der Waals surface area contributed by atoms with Gasteiger partial charge in [0.25, 0.3) is 5.91 Å². The fourth-order valence-corrected chi connectivity index (χ4v) is 3.78. The predicted octanol–water partition coefficient (Wildman–Crippen LogP) is 0.627. The predicted molar refractivity (Wildman–Crippen MR) is 75.8 cm³/mol. The van der Waals surface area contributed by atoms with Crippen molar-refractivity contribution in [2.24, 2.45) is 0 Å². The molecule has 2 rings (SSSR count). The molecule has 2 heterocycles. The molecule has 0 radical (unpaired) electrons. The van der Waals surface area contributed by atoms with Crippen molar-refractivity contribution in [1.82, 2.24) is 14.6 Å². The summed E-state index contributed by atoms with van der Waals surface area (Å²) < 4.78 is 25.0. The van der Waals surface area contributed by atoms with Gasteiger partial charge in [-0.1, -0.05) is 6.07 Å². The van der Waals surface area contributed by atoms with Crippen LogP contribution in [0.2, 0.25) is 0 Å². The molecule has 1 amide bonds. The number of rotatable bonds is 5. The number of nitrogens with zero attached hydrogens (tertiary/aromatic N) is 2. The van der Waals surface area contributed by atoms with Crippen LogP contribution in [-0.4, -0.2) is 49.0 Å². The molecule has 1 aliphatic heterocycles. The van der Waals surface area contributed by atoms with Crippen molar-refractivity contribution in [2.45, 2.75) is 19.3 Å². The van der Waals surface area contributed by atoms with Crippen molar-refractivity contribution in [3.05, 3.63) is 30.1 Å². The van der Waals surface area contributed by atoms with Crippen molar-refractivity contribution < 1.29 is 13.2 Å². The van der Waals surface area contributed by atoms with Gasteiger partial charge in [-0.15, -0.1) is 0 Å². The number of carbonyl (C=O) groups excluding carboxylic acids is 1. The molecule has 110 valence electrons. The molecule has 0 unspecified atom stereocenters. The average Bonchev–Trinajstić information content (AvgIpc) is 2.45. The van der Waals surface area contributed by atoms with E-state index in [0.29, 0.717) is 31.7 Å². The lowest BCUT2D eigenvalue weighted by molar-refractivity contribution is 0.0947. The van der Waals surface area contributed by atoms with Gasteiger partial charge in [-0.3, -0.25) is 9.78 Å². The SMILES string of the molecule is O=C(NCCCN1CCCCS1(=O)=O)c1ccccn1. The molecule has 0 spiro atoms. The molecule has 1 N–H and O–H groups in total. The Hall–Kier alpha value is -1.47. The van der Waals surface area contributed by atoms with E-state index in [2.05, 4.69) is 10.3 Å². The zero-order valence-electron chi connectivity index (χ0n) is 11.3. The number of sulfonamides is 1. The number of amides is 1. The van der Waals surface area contributed by atoms with Crippen LogP contribution < -0.4 is 5.32 Å². The Bertz CT molecular complexity index is 545. The van der Waals surface area contributed by atoms with Gasteiger partial charge in [-0.2, -0.15) is 0 Å². The van der Waals surface area contributed by atoms with E-state index in [4.69, 9.17) is 0 Å². The molecule has 0 atom stereocenters. The monoisotopic (exact) mass is 297 g/mol. The van der Waals surface area contributed by atoms with Crippen molar-refractivity contribution in [3.8, 4) is 0 Å². The summed E-state index contributed by atoms with van der Waals surface area (Å²) >= 11 is 0. The number of hydrogen-bond acceptors (Lipinski definition) is 4. The van der Waals surface area contributed by atoms with Crippen molar-refractivity contribution in [3.63, 3.8) is 0 Å². The summed E-state index contributed by atoms with van der Waals surface area (Å²) in [7, 11) is -3.07. The Labute approximate surface area is 119 Å². The standard InChI is InChI=1S/C13H19N3O3S/c17-13(12-6-1-2-7-14-12)15-8-5-10-16-9-3-4-11-20(16,18)19/h1-2,6-7H,3-5,8-11H2,(H,15,17). The van der Waals surface area contributed by atoms with E-state index in [1.807, 2.05) is 0 Å². The van der Waals surface area contributed by atoms with Crippen LogP contribution in [0.1, 0.15) is 29.8 Å². The van der Waals surface area contributed by atoms with Crippen LogP contribution in [0.25, 0.3) is 0 Å². The van der Waals surface area contributed by atoms with Crippen molar-refractivity contribution in [2.75, 3.05) is 25.4 Å². The molecule has 0 aromatic carbocycles. The number of aromatic nitrogens is 1. The molecule has 1 aliphatic rings. The Balaban J connectivity index is 1.73. The number of pyridine rings is 1. The van der Waals surface area contributed by atoms with E-state index in [9.17, 15) is 13.2 Å². The van der Waals surface area contributed by atoms with Gasteiger partial charge >= 0.3 is 0 Å². The molecule has 1 saturated heterocycles. The van der Waals surface area contributed by atoms with E-state index >= 15 is 0 Å². The van der Waals surface area contributed by atoms with Crippen LogP contribution in [0.3, 0.4) is 0 Å². The molecule has 1 fully saturated rings. The van der Waals surface area contributed by atoms with E-state index in [1.165, 1.54) is 4.31 Å². The number of carbonyl (C=O) groups is 1. The average molecular weight is 297 g/mol. The third-order valence-corrected chi connectivity index (χ3v) is 5.18. The van der Waals surface area contributed by atoms with Gasteiger partial charge in [0.1, 0.15) is 5.69 Å². The van der Waals surface area contributed by atoms with Gasteiger partial charge in [0.05, 0.1) is 5.75 Å². The Morgan fingerprint density at radius 3 is 2.90 bits per heavy atom. The highest BCUT2D eigenvalue weighted by Gasteiger charge is 2.24. The van der Waals surface area contributed by atoms with Gasteiger partial charge in [-0.05, 0) is 31.4 Å². The second-order valence-corrected chi connectivity index (χ2v) is 6.84. The highest BCUT2D eigenvalue weighted by atomic mass is 32.2. The van der Waals surface area contributed by atoms with Crippen LogP contribution in [0, 0.1) is 0 Å². The van der Waals surface area contributed by atoms with Gasteiger partial charge < -0.3 is 5.32 Å². The smallest absolute Gasteiger partial charge is 0.269 e. The minimum atomic E-state index is -3.07. The quantitative estimate of drug-likeness (QED) is 0.808. The zero-order valence-corrected chi connectivity index (χ0v) is 12.1. The third-order valence-electron chi connectivity index (χ3n) is 3.22. The molecule has 20 heavy (non-hydrogen) atoms. The Kier molecular flexibility index (Phi) is 5.08. The number of hydrogen-bond donors (Lipinski definition) is 1. The maximum Gasteiger partial charge on any atom is 0.269 e. The summed E-state index contributed by atoms with van der Waals surface area (Å²) in [5.41, 5.74) is 0.373. The van der Waals surface area contributed by atoms with E-state index < -0.39 is 10.0 Å². The molecular formula is C13H19N3O3S. The van der Waals surface area contributed by atoms with E-state index in [-0.39, 0.29) is 11.7 Å². The molecule has 0 saturated carbocycles. The second kappa shape index (κ2) is 6.81. The maximum absolute atomic E-state index is 11.8. The highest BCUT2D eigenvalue weighted by molar-refractivity contribution is 7.89. The van der Waals surface area contributed by atoms with Gasteiger partial charge in [0.15, 0.2) is 0 Å². The fourth-order valence-electron chi connectivity index (χ4n) is 2.14. The van der Waals surface area contributed by atoms with E-state index in [1.54, 1.807) is 24.4 Å². The Morgan fingerprint density at radius 2 is 2.20 bits per heavy atom. The van der Waals surface area contributed by atoms with Crippen molar-refractivity contribution in [1.29, 1.82) is 0 Å². The third kappa shape index (κ3) is 4.01. The van der Waals surface area contributed by atoms with Gasteiger partial charge in [0.2, 0.25) is 10.0 Å². The first kappa shape index (κ1) is 14.9. The zero-order chi connectivity index (χ0) is 14.4. The maximum atomic E-state index is 11.8. The lowest BCUT2D eigenvalue weighted by atomic mass is 10.3. The van der Waals surface area contributed by atoms with Crippen LogP contribution in [0.5, 0.6) is 0 Å². The summed E-state index contributed by atoms with van der Waals surface area (Å²) in [6.07, 6.45) is 3.84. The summed E-state index contributed by atoms with van der Waals surface area (Å²) in [6, 6.07) is 5.14. The Morgan fingerprint density at radius 1 is 1.35 bits per heavy atom. The van der Waals surface area contributed by atoms with Crippen LogP contribution in [-0.2, 0) is 10.0 Å². The summed E-state index contributed by atoms with van der Waals surface area (Å²) in [5.74, 6) is 0.0138. The van der Waals surface area contributed by atoms with E-state index in [0.717, 1.165) is 12.8 Å². The molecular weight excluding hydrogens is 278 g/mol.